The smallest absolute Gasteiger partial charge is 0.341 e. The number of hydrogen-bond acceptors (Lipinski definition) is 5. The van der Waals surface area contributed by atoms with Gasteiger partial charge in [-0.15, -0.1) is 0 Å². The standard InChI is InChI=1S/C20H25FIN3O4/c1-4-11(2)29-19-16-13(9-15(21)17(19)24-7-5-23-6-8-24)18(26)14(20(27)28)10-25(16)12(3)22/h9-12,23H,4-8H2,1-3H3,(H,27,28). The number of pyridine rings is 1. The molecule has 0 spiro atoms. The fraction of sp³-hybridized carbons (Fsp3) is 0.500. The Bertz CT molecular complexity index is 986. The van der Waals surface area contributed by atoms with Gasteiger partial charge in [0.1, 0.15) is 11.3 Å². The zero-order valence-corrected chi connectivity index (χ0v) is 18.8. The van der Waals surface area contributed by atoms with E-state index in [0.29, 0.717) is 49.6 Å². The maximum Gasteiger partial charge on any atom is 0.341 e. The van der Waals surface area contributed by atoms with Crippen LogP contribution in [0.4, 0.5) is 10.1 Å². The van der Waals surface area contributed by atoms with E-state index in [2.05, 4.69) is 27.9 Å². The topological polar surface area (TPSA) is 83.8 Å². The van der Waals surface area contributed by atoms with Crippen molar-refractivity contribution in [3.63, 3.8) is 0 Å². The number of aromatic nitrogens is 1. The van der Waals surface area contributed by atoms with Crippen LogP contribution in [0.1, 0.15) is 41.6 Å². The first-order chi connectivity index (χ1) is 13.8. The molecule has 1 aliphatic heterocycles. The molecule has 0 amide bonds. The Balaban J connectivity index is 2.42. The minimum absolute atomic E-state index is 0.0168. The summed E-state index contributed by atoms with van der Waals surface area (Å²) in [5, 5.41) is 12.7. The third kappa shape index (κ3) is 4.20. The molecule has 9 heteroatoms. The van der Waals surface area contributed by atoms with Crippen molar-refractivity contribution in [2.45, 2.75) is 37.3 Å². The second-order valence-electron chi connectivity index (χ2n) is 7.16. The predicted molar refractivity (Wildman–Crippen MR) is 119 cm³/mol. The van der Waals surface area contributed by atoms with Gasteiger partial charge in [0.15, 0.2) is 11.6 Å². The number of piperazine rings is 1. The third-order valence-corrected chi connectivity index (χ3v) is 5.74. The predicted octanol–water partition coefficient (Wildman–Crippen LogP) is 3.38. The molecule has 0 radical (unpaired) electrons. The van der Waals surface area contributed by atoms with Crippen molar-refractivity contribution in [1.29, 1.82) is 0 Å². The molecule has 29 heavy (non-hydrogen) atoms. The Morgan fingerprint density at radius 3 is 2.59 bits per heavy atom. The third-order valence-electron chi connectivity index (χ3n) is 5.14. The van der Waals surface area contributed by atoms with Crippen molar-refractivity contribution in [2.24, 2.45) is 0 Å². The van der Waals surface area contributed by atoms with Gasteiger partial charge in [-0.3, -0.25) is 4.79 Å². The highest BCUT2D eigenvalue weighted by Crippen LogP contribution is 2.40. The molecule has 3 rings (SSSR count). The molecule has 2 heterocycles. The highest BCUT2D eigenvalue weighted by Gasteiger charge is 2.28. The SMILES string of the molecule is CCC(C)Oc1c(N2CCNCC2)c(F)cc2c(=O)c(C(=O)O)cn(C(C)I)c12. The van der Waals surface area contributed by atoms with E-state index < -0.39 is 17.2 Å². The highest BCUT2D eigenvalue weighted by molar-refractivity contribution is 14.1. The number of alkyl halides is 1. The normalized spacial score (nSPS) is 16.7. The van der Waals surface area contributed by atoms with Gasteiger partial charge in [-0.1, -0.05) is 29.5 Å². The molecule has 1 saturated heterocycles. The summed E-state index contributed by atoms with van der Waals surface area (Å²) in [6, 6.07) is 1.15. The molecule has 1 aliphatic rings. The van der Waals surface area contributed by atoms with Crippen molar-refractivity contribution in [3.05, 3.63) is 33.9 Å². The van der Waals surface area contributed by atoms with Crippen LogP contribution in [0.3, 0.4) is 0 Å². The van der Waals surface area contributed by atoms with Gasteiger partial charge in [0.05, 0.1) is 21.1 Å². The lowest BCUT2D eigenvalue weighted by Crippen LogP contribution is -2.44. The Kier molecular flexibility index (Phi) is 6.67. The molecule has 0 bridgehead atoms. The van der Waals surface area contributed by atoms with Crippen LogP contribution >= 0.6 is 22.6 Å². The Labute approximate surface area is 182 Å². The lowest BCUT2D eigenvalue weighted by Gasteiger charge is -2.33. The Hall–Kier alpha value is -1.88. The summed E-state index contributed by atoms with van der Waals surface area (Å²) in [5.74, 6) is -1.61. The summed E-state index contributed by atoms with van der Waals surface area (Å²) in [4.78, 5) is 26.4. The summed E-state index contributed by atoms with van der Waals surface area (Å²) in [7, 11) is 0. The van der Waals surface area contributed by atoms with Crippen LogP contribution in [0.15, 0.2) is 17.1 Å². The first kappa shape index (κ1) is 21.8. The average Bonchev–Trinajstić information content (AvgIpc) is 2.68. The molecule has 2 N–H and O–H groups in total. The fourth-order valence-electron chi connectivity index (χ4n) is 3.46. The van der Waals surface area contributed by atoms with Crippen LogP contribution in [-0.4, -0.2) is 47.9 Å². The first-order valence-corrected chi connectivity index (χ1v) is 10.9. The molecule has 1 aromatic carbocycles. The molecule has 2 unspecified atom stereocenters. The van der Waals surface area contributed by atoms with E-state index in [1.807, 2.05) is 25.7 Å². The van der Waals surface area contributed by atoms with E-state index in [1.165, 1.54) is 6.20 Å². The van der Waals surface area contributed by atoms with Crippen molar-refractivity contribution < 1.29 is 19.0 Å². The van der Waals surface area contributed by atoms with E-state index in [4.69, 9.17) is 4.74 Å². The second-order valence-corrected chi connectivity index (χ2v) is 8.97. The number of ether oxygens (including phenoxy) is 1. The van der Waals surface area contributed by atoms with Crippen molar-refractivity contribution in [3.8, 4) is 5.75 Å². The van der Waals surface area contributed by atoms with Crippen LogP contribution in [0.25, 0.3) is 10.9 Å². The number of rotatable bonds is 6. The number of carboxylic acids is 1. The second kappa shape index (κ2) is 8.86. The van der Waals surface area contributed by atoms with Gasteiger partial charge >= 0.3 is 5.97 Å². The summed E-state index contributed by atoms with van der Waals surface area (Å²) in [5.41, 5.74) is -0.338. The zero-order chi connectivity index (χ0) is 21.3. The van der Waals surface area contributed by atoms with Crippen molar-refractivity contribution in [2.75, 3.05) is 31.1 Å². The number of benzene rings is 1. The van der Waals surface area contributed by atoms with Crippen molar-refractivity contribution in [1.82, 2.24) is 9.88 Å². The number of anilines is 1. The number of nitrogens with zero attached hydrogens (tertiary/aromatic N) is 2. The van der Waals surface area contributed by atoms with Crippen molar-refractivity contribution >= 4 is 45.2 Å². The number of carboxylic acid groups (broad SMARTS) is 1. The maximum absolute atomic E-state index is 15.3. The molecule has 158 valence electrons. The van der Waals surface area contributed by atoms with Gasteiger partial charge in [0.2, 0.25) is 5.43 Å². The summed E-state index contributed by atoms with van der Waals surface area (Å²) >= 11 is 2.14. The largest absolute Gasteiger partial charge is 0.486 e. The summed E-state index contributed by atoms with van der Waals surface area (Å²) in [6.07, 6.45) is 1.83. The molecule has 0 aliphatic carbocycles. The lowest BCUT2D eigenvalue weighted by atomic mass is 10.1. The van der Waals surface area contributed by atoms with E-state index in [0.717, 1.165) is 6.07 Å². The fourth-order valence-corrected chi connectivity index (χ4v) is 3.89. The minimum Gasteiger partial charge on any atom is -0.486 e. The molecule has 7 nitrogen and oxygen atoms in total. The first-order valence-electron chi connectivity index (χ1n) is 9.67. The van der Waals surface area contributed by atoms with Crippen LogP contribution < -0.4 is 20.4 Å². The Morgan fingerprint density at radius 1 is 1.38 bits per heavy atom. The van der Waals surface area contributed by atoms with Gasteiger partial charge in [0, 0.05) is 32.4 Å². The summed E-state index contributed by atoms with van der Waals surface area (Å²) in [6.45, 7) is 8.37. The van der Waals surface area contributed by atoms with E-state index in [9.17, 15) is 14.7 Å². The average molecular weight is 517 g/mol. The number of fused-ring (bicyclic) bond motifs is 1. The quantitative estimate of drug-likeness (QED) is 0.452. The molecule has 1 fully saturated rings. The van der Waals surface area contributed by atoms with Crippen LogP contribution in [0.5, 0.6) is 5.75 Å². The van der Waals surface area contributed by atoms with E-state index in [-0.39, 0.29) is 21.1 Å². The summed E-state index contributed by atoms with van der Waals surface area (Å²) < 4.78 is 23.0. The van der Waals surface area contributed by atoms with E-state index >= 15 is 4.39 Å². The minimum atomic E-state index is -1.33. The molecule has 0 saturated carbocycles. The highest BCUT2D eigenvalue weighted by atomic mass is 127. The number of carbonyl (C=O) groups is 1. The monoisotopic (exact) mass is 517 g/mol. The van der Waals surface area contributed by atoms with Gasteiger partial charge in [-0.2, -0.15) is 0 Å². The van der Waals surface area contributed by atoms with Crippen LogP contribution in [0, 0.1) is 5.82 Å². The lowest BCUT2D eigenvalue weighted by molar-refractivity contribution is 0.0694. The Morgan fingerprint density at radius 2 is 2.03 bits per heavy atom. The van der Waals surface area contributed by atoms with Crippen LogP contribution in [0.2, 0.25) is 0 Å². The molecule has 1 aromatic heterocycles. The molecular formula is C20H25FIN3O4. The number of halogens is 2. The van der Waals surface area contributed by atoms with Gasteiger partial charge in [-0.25, -0.2) is 9.18 Å². The molecular weight excluding hydrogens is 492 g/mol. The molecule has 2 aromatic rings. The zero-order valence-electron chi connectivity index (χ0n) is 16.7. The van der Waals surface area contributed by atoms with Gasteiger partial charge in [-0.05, 0) is 26.3 Å². The molecule has 2 atom stereocenters. The number of hydrogen-bond donors (Lipinski definition) is 2. The van der Waals surface area contributed by atoms with Gasteiger partial charge in [0.25, 0.3) is 0 Å². The van der Waals surface area contributed by atoms with Crippen LogP contribution in [-0.2, 0) is 0 Å². The van der Waals surface area contributed by atoms with E-state index in [1.54, 1.807) is 4.57 Å². The van der Waals surface area contributed by atoms with Gasteiger partial charge < -0.3 is 24.6 Å². The number of nitrogens with one attached hydrogen (secondary N) is 1. The number of aromatic carboxylic acids is 1. The maximum atomic E-state index is 15.3.